The lowest BCUT2D eigenvalue weighted by atomic mass is 10.1. The van der Waals surface area contributed by atoms with E-state index < -0.39 is 11.8 Å². The standard InChI is InChI=1S/C18H20N4O4/c1-11-4-5-14(8-12(11)2)21-18(25)17(24)19-9-15-6-7-16(26-15)10-20-22-13(3)23/h4-8,10H,9H2,1-3H3,(H,19,24)(H,21,25)(H,22,23)/b20-10-. The van der Waals surface area contributed by atoms with Gasteiger partial charge in [-0.15, -0.1) is 0 Å². The van der Waals surface area contributed by atoms with Crippen LogP contribution in [0.1, 0.15) is 29.6 Å². The molecule has 0 radical (unpaired) electrons. The molecule has 8 nitrogen and oxygen atoms in total. The predicted molar refractivity (Wildman–Crippen MR) is 96.5 cm³/mol. The van der Waals surface area contributed by atoms with Crippen molar-refractivity contribution in [2.24, 2.45) is 5.10 Å². The average Bonchev–Trinajstić information content (AvgIpc) is 3.03. The Bertz CT molecular complexity index is 855. The van der Waals surface area contributed by atoms with Gasteiger partial charge in [0.05, 0.1) is 12.8 Å². The highest BCUT2D eigenvalue weighted by Crippen LogP contribution is 2.14. The number of rotatable bonds is 5. The van der Waals surface area contributed by atoms with Gasteiger partial charge in [-0.2, -0.15) is 5.10 Å². The Hall–Kier alpha value is -3.42. The summed E-state index contributed by atoms with van der Waals surface area (Å²) in [5.74, 6) is -0.973. The van der Waals surface area contributed by atoms with Gasteiger partial charge in [-0.1, -0.05) is 6.07 Å². The summed E-state index contributed by atoms with van der Waals surface area (Å²) in [7, 11) is 0. The van der Waals surface area contributed by atoms with Gasteiger partial charge in [0.2, 0.25) is 5.91 Å². The zero-order valence-electron chi connectivity index (χ0n) is 14.8. The van der Waals surface area contributed by atoms with Gasteiger partial charge in [-0.3, -0.25) is 14.4 Å². The van der Waals surface area contributed by atoms with Gasteiger partial charge < -0.3 is 15.1 Å². The summed E-state index contributed by atoms with van der Waals surface area (Å²) in [6, 6.07) is 8.67. The first-order valence-electron chi connectivity index (χ1n) is 7.90. The Kier molecular flexibility index (Phi) is 6.26. The van der Waals surface area contributed by atoms with E-state index in [0.29, 0.717) is 17.2 Å². The highest BCUT2D eigenvalue weighted by atomic mass is 16.3. The van der Waals surface area contributed by atoms with Gasteiger partial charge in [-0.05, 0) is 49.2 Å². The molecule has 0 saturated heterocycles. The number of amides is 3. The van der Waals surface area contributed by atoms with E-state index in [1.165, 1.54) is 13.1 Å². The number of carbonyl (C=O) groups is 3. The second-order valence-electron chi connectivity index (χ2n) is 5.67. The van der Waals surface area contributed by atoms with Crippen LogP contribution in [0.2, 0.25) is 0 Å². The Morgan fingerprint density at radius 2 is 1.85 bits per heavy atom. The van der Waals surface area contributed by atoms with Crippen molar-refractivity contribution in [1.29, 1.82) is 0 Å². The van der Waals surface area contributed by atoms with Gasteiger partial charge in [0.25, 0.3) is 0 Å². The number of hydrogen-bond donors (Lipinski definition) is 3. The minimum absolute atomic E-state index is 0.0488. The van der Waals surface area contributed by atoms with Crippen molar-refractivity contribution in [3.8, 4) is 0 Å². The molecule has 8 heteroatoms. The van der Waals surface area contributed by atoms with Crippen LogP contribution in [0, 0.1) is 13.8 Å². The van der Waals surface area contributed by atoms with Gasteiger partial charge in [-0.25, -0.2) is 5.43 Å². The zero-order chi connectivity index (χ0) is 19.1. The Labute approximate surface area is 150 Å². The second kappa shape index (κ2) is 8.61. The van der Waals surface area contributed by atoms with E-state index >= 15 is 0 Å². The van der Waals surface area contributed by atoms with Gasteiger partial charge in [0.15, 0.2) is 0 Å². The summed E-state index contributed by atoms with van der Waals surface area (Å²) in [6.45, 7) is 5.28. The van der Waals surface area contributed by atoms with Crippen LogP contribution in [0.15, 0.2) is 39.9 Å². The molecule has 0 aliphatic heterocycles. The smallest absolute Gasteiger partial charge is 0.313 e. The molecule has 1 aromatic carbocycles. The number of nitrogens with one attached hydrogen (secondary N) is 3. The van der Waals surface area contributed by atoms with Crippen molar-refractivity contribution in [3.63, 3.8) is 0 Å². The summed E-state index contributed by atoms with van der Waals surface area (Å²) in [5.41, 5.74) is 4.93. The SMILES string of the molecule is CC(=O)N/N=C\c1ccc(CNC(=O)C(=O)Nc2ccc(C)c(C)c2)o1. The maximum Gasteiger partial charge on any atom is 0.313 e. The number of hydrazone groups is 1. The molecule has 0 aliphatic rings. The lowest BCUT2D eigenvalue weighted by molar-refractivity contribution is -0.136. The van der Waals surface area contributed by atoms with Crippen molar-refractivity contribution in [2.75, 3.05) is 5.32 Å². The highest BCUT2D eigenvalue weighted by Gasteiger charge is 2.14. The molecule has 0 aliphatic carbocycles. The molecule has 1 heterocycles. The molecule has 3 amide bonds. The van der Waals surface area contributed by atoms with Gasteiger partial charge >= 0.3 is 11.8 Å². The third-order valence-electron chi connectivity index (χ3n) is 3.49. The first-order chi connectivity index (χ1) is 12.3. The summed E-state index contributed by atoms with van der Waals surface area (Å²) in [6.07, 6.45) is 1.33. The van der Waals surface area contributed by atoms with Crippen LogP contribution in [-0.4, -0.2) is 23.9 Å². The molecule has 1 aromatic heterocycles. The molecule has 0 bridgehead atoms. The molecule has 0 saturated carbocycles. The Balaban J connectivity index is 1.85. The number of aryl methyl sites for hydroxylation is 2. The molecule has 0 atom stereocenters. The van der Waals surface area contributed by atoms with E-state index in [-0.39, 0.29) is 12.5 Å². The van der Waals surface area contributed by atoms with E-state index in [2.05, 4.69) is 21.2 Å². The number of furan rings is 1. The fraction of sp³-hybridized carbons (Fsp3) is 0.222. The number of nitrogens with zero attached hydrogens (tertiary/aromatic N) is 1. The largest absolute Gasteiger partial charge is 0.458 e. The maximum absolute atomic E-state index is 11.9. The van der Waals surface area contributed by atoms with Crippen molar-refractivity contribution >= 4 is 29.6 Å². The molecule has 2 aromatic rings. The molecule has 0 fully saturated rings. The molecule has 3 N–H and O–H groups in total. The summed E-state index contributed by atoms with van der Waals surface area (Å²) in [4.78, 5) is 34.5. The molecule has 0 unspecified atom stereocenters. The predicted octanol–water partition coefficient (Wildman–Crippen LogP) is 1.62. The van der Waals surface area contributed by atoms with Crippen LogP contribution in [0.5, 0.6) is 0 Å². The third-order valence-corrected chi connectivity index (χ3v) is 3.49. The van der Waals surface area contributed by atoms with Gasteiger partial charge in [0.1, 0.15) is 11.5 Å². The second-order valence-corrected chi connectivity index (χ2v) is 5.67. The monoisotopic (exact) mass is 356 g/mol. The summed E-state index contributed by atoms with van der Waals surface area (Å²) >= 11 is 0. The van der Waals surface area contributed by atoms with Crippen molar-refractivity contribution in [1.82, 2.24) is 10.7 Å². The summed E-state index contributed by atoms with van der Waals surface area (Å²) in [5, 5.41) is 8.69. The number of hydrogen-bond acceptors (Lipinski definition) is 5. The van der Waals surface area contributed by atoms with E-state index in [4.69, 9.17) is 4.42 Å². The molecule has 2 rings (SSSR count). The number of benzene rings is 1. The Morgan fingerprint density at radius 3 is 2.54 bits per heavy atom. The van der Waals surface area contributed by atoms with E-state index in [9.17, 15) is 14.4 Å². The minimum Gasteiger partial charge on any atom is -0.458 e. The zero-order valence-corrected chi connectivity index (χ0v) is 14.8. The van der Waals surface area contributed by atoms with Crippen molar-refractivity contribution in [3.05, 3.63) is 53.0 Å². The van der Waals surface area contributed by atoms with Gasteiger partial charge in [0, 0.05) is 12.6 Å². The fourth-order valence-corrected chi connectivity index (χ4v) is 2.00. The summed E-state index contributed by atoms with van der Waals surface area (Å²) < 4.78 is 5.40. The fourth-order valence-electron chi connectivity index (χ4n) is 2.00. The van der Waals surface area contributed by atoms with Crippen LogP contribution in [-0.2, 0) is 20.9 Å². The van der Waals surface area contributed by atoms with E-state index in [0.717, 1.165) is 11.1 Å². The number of anilines is 1. The topological polar surface area (TPSA) is 113 Å². The molecule has 26 heavy (non-hydrogen) atoms. The van der Waals surface area contributed by atoms with Crippen LogP contribution >= 0.6 is 0 Å². The highest BCUT2D eigenvalue weighted by molar-refractivity contribution is 6.39. The van der Waals surface area contributed by atoms with E-state index in [1.807, 2.05) is 19.9 Å². The van der Waals surface area contributed by atoms with Crippen LogP contribution in [0.25, 0.3) is 0 Å². The molecule has 0 spiro atoms. The Morgan fingerprint density at radius 1 is 1.08 bits per heavy atom. The molecular formula is C18H20N4O4. The van der Waals surface area contributed by atoms with Crippen molar-refractivity contribution in [2.45, 2.75) is 27.3 Å². The first kappa shape index (κ1) is 18.9. The maximum atomic E-state index is 11.9. The normalized spacial score (nSPS) is 10.6. The lowest BCUT2D eigenvalue weighted by Gasteiger charge is -2.07. The quantitative estimate of drug-likeness (QED) is 0.429. The van der Waals surface area contributed by atoms with Crippen LogP contribution < -0.4 is 16.1 Å². The van der Waals surface area contributed by atoms with Crippen LogP contribution in [0.4, 0.5) is 5.69 Å². The molecular weight excluding hydrogens is 336 g/mol. The minimum atomic E-state index is -0.770. The number of carbonyl (C=O) groups excluding carboxylic acids is 3. The van der Waals surface area contributed by atoms with Crippen LogP contribution in [0.3, 0.4) is 0 Å². The third kappa shape index (κ3) is 5.59. The van der Waals surface area contributed by atoms with Crippen molar-refractivity contribution < 1.29 is 18.8 Å². The molecule has 136 valence electrons. The average molecular weight is 356 g/mol. The lowest BCUT2D eigenvalue weighted by Crippen LogP contribution is -2.34. The van der Waals surface area contributed by atoms with E-state index in [1.54, 1.807) is 24.3 Å². The first-order valence-corrected chi connectivity index (χ1v) is 7.90.